The minimum atomic E-state index is -3.16. The molecule has 0 bridgehead atoms. The Morgan fingerprint density at radius 1 is 1.21 bits per heavy atom. The second-order valence-corrected chi connectivity index (χ2v) is 10.9. The highest BCUT2D eigenvalue weighted by Gasteiger charge is 2.42. The molecule has 3 saturated carbocycles. The van der Waals surface area contributed by atoms with Crippen molar-refractivity contribution in [1.82, 2.24) is 24.2 Å². The Kier molecular flexibility index (Phi) is 3.51. The monoisotopic (exact) mass is 399 g/mol. The fourth-order valence-electron chi connectivity index (χ4n) is 4.96. The number of imidazole rings is 1. The van der Waals surface area contributed by atoms with Crippen molar-refractivity contribution in [2.45, 2.75) is 68.7 Å². The lowest BCUT2D eigenvalue weighted by molar-refractivity contribution is 0.405. The molecule has 28 heavy (non-hydrogen) atoms. The molecule has 3 aliphatic rings. The molecule has 0 unspecified atom stereocenters. The van der Waals surface area contributed by atoms with Gasteiger partial charge in [-0.05, 0) is 50.5 Å². The van der Waals surface area contributed by atoms with Crippen molar-refractivity contribution >= 4 is 32.1 Å². The summed E-state index contributed by atoms with van der Waals surface area (Å²) in [6, 6.07) is 2.35. The van der Waals surface area contributed by atoms with Gasteiger partial charge in [-0.2, -0.15) is 0 Å². The average Bonchev–Trinajstić information content (AvgIpc) is 3.56. The van der Waals surface area contributed by atoms with Gasteiger partial charge in [-0.25, -0.2) is 23.1 Å². The first kappa shape index (κ1) is 17.0. The summed E-state index contributed by atoms with van der Waals surface area (Å²) >= 11 is 0. The van der Waals surface area contributed by atoms with Crippen molar-refractivity contribution in [2.24, 2.45) is 5.92 Å². The average molecular weight is 400 g/mol. The Labute approximate surface area is 164 Å². The topological polar surface area (TPSA) is 92.7 Å². The van der Waals surface area contributed by atoms with Crippen LogP contribution >= 0.6 is 0 Å². The summed E-state index contributed by atoms with van der Waals surface area (Å²) in [6.07, 6.45) is 9.47. The second-order valence-electron chi connectivity index (χ2n) is 8.92. The highest BCUT2D eigenvalue weighted by Crippen LogP contribution is 2.46. The summed E-state index contributed by atoms with van der Waals surface area (Å²) in [5, 5.41) is 0.939. The van der Waals surface area contributed by atoms with Crippen LogP contribution in [0.4, 0.5) is 0 Å². The molecular weight excluding hydrogens is 374 g/mol. The van der Waals surface area contributed by atoms with E-state index in [2.05, 4.69) is 32.2 Å². The fourth-order valence-corrected chi connectivity index (χ4v) is 6.57. The molecule has 0 saturated heterocycles. The number of aromatic nitrogens is 4. The number of nitrogens with one attached hydrogen (secondary N) is 2. The lowest BCUT2D eigenvalue weighted by Gasteiger charge is -2.21. The zero-order chi connectivity index (χ0) is 19.0. The Bertz CT molecular complexity index is 1170. The van der Waals surface area contributed by atoms with E-state index < -0.39 is 10.0 Å². The number of sulfonamides is 1. The Hall–Kier alpha value is -1.93. The Morgan fingerprint density at radius 2 is 2.04 bits per heavy atom. The second kappa shape index (κ2) is 5.79. The Morgan fingerprint density at radius 3 is 2.79 bits per heavy atom. The van der Waals surface area contributed by atoms with Gasteiger partial charge in [0.2, 0.25) is 10.0 Å². The quantitative estimate of drug-likeness (QED) is 0.689. The maximum absolute atomic E-state index is 12.4. The van der Waals surface area contributed by atoms with E-state index in [4.69, 9.17) is 4.98 Å². The molecule has 0 aliphatic heterocycles. The standard InChI is InChI=1S/C20H25N5O2S/c1-11-8-13(24-28(26,27)14-4-5-14)9-17(11)25-18-15-6-7-21-19(15)22-10-16(18)23-20(25)12-2-3-12/h6-7,10-14,17,24H,2-5,8-9H2,1H3,(H,21,22)/t11-,13+,17+/m1/s1. The van der Waals surface area contributed by atoms with E-state index >= 15 is 0 Å². The molecule has 3 aromatic rings. The van der Waals surface area contributed by atoms with Crippen molar-refractivity contribution in [3.63, 3.8) is 0 Å². The summed E-state index contributed by atoms with van der Waals surface area (Å²) < 4.78 is 30.3. The van der Waals surface area contributed by atoms with Crippen LogP contribution in [-0.2, 0) is 10.0 Å². The third-order valence-corrected chi connectivity index (χ3v) is 8.68. The summed E-state index contributed by atoms with van der Waals surface area (Å²) in [7, 11) is -3.16. The number of hydrogen-bond donors (Lipinski definition) is 2. The van der Waals surface area contributed by atoms with Gasteiger partial charge in [-0.1, -0.05) is 6.92 Å². The molecule has 3 fully saturated rings. The van der Waals surface area contributed by atoms with Crippen LogP contribution in [0.3, 0.4) is 0 Å². The lowest BCUT2D eigenvalue weighted by atomic mass is 10.1. The van der Waals surface area contributed by atoms with Crippen LogP contribution in [-0.4, -0.2) is 39.2 Å². The zero-order valence-corrected chi connectivity index (χ0v) is 16.7. The van der Waals surface area contributed by atoms with Gasteiger partial charge in [0, 0.05) is 29.6 Å². The first-order valence-electron chi connectivity index (χ1n) is 10.4. The predicted molar refractivity (Wildman–Crippen MR) is 108 cm³/mol. The van der Waals surface area contributed by atoms with E-state index in [0.717, 1.165) is 53.6 Å². The van der Waals surface area contributed by atoms with Gasteiger partial charge in [0.25, 0.3) is 0 Å². The van der Waals surface area contributed by atoms with Gasteiger partial charge in [-0.3, -0.25) is 0 Å². The predicted octanol–water partition coefficient (Wildman–Crippen LogP) is 3.21. The highest BCUT2D eigenvalue weighted by molar-refractivity contribution is 7.90. The van der Waals surface area contributed by atoms with Crippen LogP contribution in [0.2, 0.25) is 0 Å². The number of nitrogens with zero attached hydrogens (tertiary/aromatic N) is 3. The number of pyridine rings is 1. The molecule has 3 atom stereocenters. The molecule has 0 aromatic carbocycles. The zero-order valence-electron chi connectivity index (χ0n) is 15.9. The molecule has 8 heteroatoms. The fraction of sp³-hybridized carbons (Fsp3) is 0.600. The molecule has 148 valence electrons. The molecular formula is C20H25N5O2S. The van der Waals surface area contributed by atoms with Gasteiger partial charge in [0.1, 0.15) is 17.0 Å². The van der Waals surface area contributed by atoms with Gasteiger partial charge >= 0.3 is 0 Å². The lowest BCUT2D eigenvalue weighted by Crippen LogP contribution is -2.35. The maximum Gasteiger partial charge on any atom is 0.214 e. The molecule has 0 spiro atoms. The molecule has 3 aliphatic carbocycles. The highest BCUT2D eigenvalue weighted by atomic mass is 32.2. The summed E-state index contributed by atoms with van der Waals surface area (Å²) in [4.78, 5) is 12.7. The minimum absolute atomic E-state index is 0.0126. The van der Waals surface area contributed by atoms with Gasteiger partial charge < -0.3 is 9.55 Å². The third kappa shape index (κ3) is 2.61. The molecule has 7 nitrogen and oxygen atoms in total. The summed E-state index contributed by atoms with van der Waals surface area (Å²) in [5.74, 6) is 2.08. The van der Waals surface area contributed by atoms with Crippen molar-refractivity contribution in [3.8, 4) is 0 Å². The van der Waals surface area contributed by atoms with E-state index in [0.29, 0.717) is 11.8 Å². The van der Waals surface area contributed by atoms with E-state index in [1.807, 2.05) is 12.4 Å². The Balaban J connectivity index is 1.43. The number of aromatic amines is 1. The summed E-state index contributed by atoms with van der Waals surface area (Å²) in [5.41, 5.74) is 2.98. The SMILES string of the molecule is C[C@@H]1C[C@H](NS(=O)(=O)C2CC2)C[C@@H]1n1c(C2CC2)nc2cnc3[nH]ccc3c21. The van der Waals surface area contributed by atoms with Crippen LogP contribution in [0.25, 0.3) is 22.1 Å². The first-order valence-corrected chi connectivity index (χ1v) is 11.9. The van der Waals surface area contributed by atoms with Gasteiger partial charge in [0.05, 0.1) is 17.0 Å². The first-order chi connectivity index (χ1) is 13.5. The van der Waals surface area contributed by atoms with Gasteiger partial charge in [0.15, 0.2) is 0 Å². The van der Waals surface area contributed by atoms with E-state index in [1.54, 1.807) is 0 Å². The van der Waals surface area contributed by atoms with Crippen LogP contribution in [0, 0.1) is 5.92 Å². The third-order valence-electron chi connectivity index (χ3n) is 6.67. The van der Waals surface area contributed by atoms with Crippen LogP contribution in [0.15, 0.2) is 18.5 Å². The minimum Gasteiger partial charge on any atom is -0.346 e. The van der Waals surface area contributed by atoms with Crippen LogP contribution < -0.4 is 4.72 Å². The molecule has 0 amide bonds. The molecule has 3 heterocycles. The summed E-state index contributed by atoms with van der Waals surface area (Å²) in [6.45, 7) is 2.24. The number of hydrogen-bond acceptors (Lipinski definition) is 4. The van der Waals surface area contributed by atoms with E-state index in [9.17, 15) is 8.42 Å². The van der Waals surface area contributed by atoms with Crippen LogP contribution in [0.1, 0.15) is 63.2 Å². The largest absolute Gasteiger partial charge is 0.346 e. The van der Waals surface area contributed by atoms with Crippen molar-refractivity contribution in [3.05, 3.63) is 24.3 Å². The van der Waals surface area contributed by atoms with Crippen molar-refractivity contribution in [1.29, 1.82) is 0 Å². The normalized spacial score (nSPS) is 28.5. The molecule has 6 rings (SSSR count). The van der Waals surface area contributed by atoms with Crippen molar-refractivity contribution < 1.29 is 8.42 Å². The number of H-pyrrole nitrogens is 1. The van der Waals surface area contributed by atoms with Gasteiger partial charge in [-0.15, -0.1) is 0 Å². The maximum atomic E-state index is 12.4. The number of rotatable bonds is 5. The van der Waals surface area contributed by atoms with Crippen molar-refractivity contribution in [2.75, 3.05) is 0 Å². The van der Waals surface area contributed by atoms with E-state index in [-0.39, 0.29) is 17.3 Å². The van der Waals surface area contributed by atoms with Crippen LogP contribution in [0.5, 0.6) is 0 Å². The molecule has 2 N–H and O–H groups in total. The molecule has 3 aromatic heterocycles. The molecule has 0 radical (unpaired) electrons. The number of fused-ring (bicyclic) bond motifs is 3. The smallest absolute Gasteiger partial charge is 0.214 e. The van der Waals surface area contributed by atoms with E-state index in [1.165, 1.54) is 12.8 Å².